The van der Waals surface area contributed by atoms with Gasteiger partial charge in [0.05, 0.1) is 0 Å². The van der Waals surface area contributed by atoms with E-state index in [4.69, 9.17) is 10.9 Å². The summed E-state index contributed by atoms with van der Waals surface area (Å²) >= 11 is 0. The summed E-state index contributed by atoms with van der Waals surface area (Å²) in [6.07, 6.45) is 0. The number of nitrogens with zero attached hydrogens (tertiary/aromatic N) is 1. The summed E-state index contributed by atoms with van der Waals surface area (Å²) < 4.78 is 0. The van der Waals surface area contributed by atoms with Crippen LogP contribution < -0.4 is 11.1 Å². The number of nitrogens with two attached hydrogens (primary N) is 1. The van der Waals surface area contributed by atoms with Crippen LogP contribution in [0.2, 0.25) is 0 Å². The van der Waals surface area contributed by atoms with Gasteiger partial charge in [0.1, 0.15) is 5.41 Å². The van der Waals surface area contributed by atoms with Gasteiger partial charge in [0, 0.05) is 5.69 Å². The lowest BCUT2D eigenvalue weighted by atomic mass is 9.90. The Bertz CT molecular complexity index is 493. The topological polar surface area (TPSA) is 87.7 Å². The van der Waals surface area contributed by atoms with E-state index < -0.39 is 5.41 Å². The molecule has 0 radical (unpaired) electrons. The van der Waals surface area contributed by atoms with Gasteiger partial charge in [-0.15, -0.1) is 0 Å². The molecule has 0 atom stereocenters. The number of amides is 1. The number of anilines is 1. The fraction of sp³-hybridized carbons (Fsp3) is 0.429. The van der Waals surface area contributed by atoms with Gasteiger partial charge in [0.15, 0.2) is 5.84 Å². The summed E-state index contributed by atoms with van der Waals surface area (Å²) in [5.41, 5.74) is 6.30. The van der Waals surface area contributed by atoms with E-state index in [2.05, 4.69) is 24.3 Å². The number of benzene rings is 1. The fourth-order valence-electron chi connectivity index (χ4n) is 1.50. The van der Waals surface area contributed by atoms with Gasteiger partial charge in [-0.25, -0.2) is 0 Å². The SMILES string of the molecule is CC(C)c1cccc(NC(=O)C(C)(C)C(N)=NO)c1. The van der Waals surface area contributed by atoms with Crippen molar-refractivity contribution in [3.8, 4) is 0 Å². The minimum Gasteiger partial charge on any atom is -0.409 e. The first-order valence-corrected chi connectivity index (χ1v) is 6.18. The molecule has 1 rings (SSSR count). The maximum Gasteiger partial charge on any atom is 0.237 e. The molecule has 4 N–H and O–H groups in total. The highest BCUT2D eigenvalue weighted by atomic mass is 16.4. The minimum absolute atomic E-state index is 0.120. The number of oxime groups is 1. The monoisotopic (exact) mass is 263 g/mol. The van der Waals surface area contributed by atoms with E-state index in [-0.39, 0.29) is 11.7 Å². The van der Waals surface area contributed by atoms with Gasteiger partial charge >= 0.3 is 0 Å². The highest BCUT2D eigenvalue weighted by molar-refractivity contribution is 6.11. The zero-order chi connectivity index (χ0) is 14.6. The first-order chi connectivity index (χ1) is 8.78. The molecule has 0 saturated carbocycles. The molecule has 1 aromatic rings. The van der Waals surface area contributed by atoms with Gasteiger partial charge in [-0.1, -0.05) is 31.1 Å². The van der Waals surface area contributed by atoms with E-state index in [9.17, 15) is 4.79 Å². The Kier molecular flexibility index (Phi) is 4.53. The maximum absolute atomic E-state index is 12.1. The van der Waals surface area contributed by atoms with Crippen LogP contribution in [0.15, 0.2) is 29.4 Å². The second kappa shape index (κ2) is 5.73. The van der Waals surface area contributed by atoms with Crippen LogP contribution in [0.3, 0.4) is 0 Å². The summed E-state index contributed by atoms with van der Waals surface area (Å²) in [4.78, 5) is 12.1. The highest BCUT2D eigenvalue weighted by Crippen LogP contribution is 2.22. The number of nitrogens with one attached hydrogen (secondary N) is 1. The van der Waals surface area contributed by atoms with Crippen LogP contribution in [0.25, 0.3) is 0 Å². The van der Waals surface area contributed by atoms with Crippen molar-refractivity contribution in [3.63, 3.8) is 0 Å². The molecule has 1 aromatic carbocycles. The Morgan fingerprint density at radius 1 is 1.42 bits per heavy atom. The predicted molar refractivity (Wildman–Crippen MR) is 76.4 cm³/mol. The van der Waals surface area contributed by atoms with Gasteiger partial charge in [-0.05, 0) is 37.5 Å². The van der Waals surface area contributed by atoms with Crippen molar-refractivity contribution < 1.29 is 10.0 Å². The molecule has 0 aromatic heterocycles. The zero-order valence-corrected chi connectivity index (χ0v) is 11.8. The van der Waals surface area contributed by atoms with Crippen LogP contribution in [0.4, 0.5) is 5.69 Å². The highest BCUT2D eigenvalue weighted by Gasteiger charge is 2.32. The molecular formula is C14H21N3O2. The van der Waals surface area contributed by atoms with Crippen LogP contribution in [-0.2, 0) is 4.79 Å². The number of rotatable bonds is 4. The molecule has 0 fully saturated rings. The van der Waals surface area contributed by atoms with E-state index in [0.29, 0.717) is 11.6 Å². The van der Waals surface area contributed by atoms with Crippen LogP contribution >= 0.6 is 0 Å². The molecule has 5 nitrogen and oxygen atoms in total. The third kappa shape index (κ3) is 3.47. The lowest BCUT2D eigenvalue weighted by Gasteiger charge is -2.22. The predicted octanol–water partition coefficient (Wildman–Crippen LogP) is 2.52. The number of carbonyl (C=O) groups is 1. The van der Waals surface area contributed by atoms with E-state index in [1.807, 2.05) is 24.3 Å². The number of carbonyl (C=O) groups excluding carboxylic acids is 1. The van der Waals surface area contributed by atoms with Crippen molar-refractivity contribution in [1.29, 1.82) is 0 Å². The first kappa shape index (κ1) is 15.0. The molecule has 1 amide bonds. The van der Waals surface area contributed by atoms with E-state index in [1.165, 1.54) is 0 Å². The second-order valence-electron chi connectivity index (χ2n) is 5.34. The molecule has 19 heavy (non-hydrogen) atoms. The van der Waals surface area contributed by atoms with Crippen molar-refractivity contribution in [2.45, 2.75) is 33.6 Å². The van der Waals surface area contributed by atoms with Gasteiger partial charge in [0.2, 0.25) is 5.91 Å². The van der Waals surface area contributed by atoms with Crippen molar-refractivity contribution >= 4 is 17.4 Å². The molecule has 0 aliphatic heterocycles. The number of amidine groups is 1. The molecule has 0 aliphatic carbocycles. The van der Waals surface area contributed by atoms with E-state index in [1.54, 1.807) is 13.8 Å². The van der Waals surface area contributed by atoms with Crippen LogP contribution in [0.1, 0.15) is 39.2 Å². The van der Waals surface area contributed by atoms with E-state index in [0.717, 1.165) is 5.56 Å². The Balaban J connectivity index is 2.91. The standard InChI is InChI=1S/C14H21N3O2/c1-9(2)10-6-5-7-11(8-10)16-13(18)14(3,4)12(15)17-19/h5-9,19H,1-4H3,(H2,15,17)(H,16,18). The first-order valence-electron chi connectivity index (χ1n) is 6.18. The van der Waals surface area contributed by atoms with Gasteiger partial charge in [-0.3, -0.25) is 4.79 Å². The van der Waals surface area contributed by atoms with Crippen molar-refractivity contribution in [1.82, 2.24) is 0 Å². The number of hydrogen-bond donors (Lipinski definition) is 3. The van der Waals surface area contributed by atoms with Crippen LogP contribution in [0, 0.1) is 5.41 Å². The summed E-state index contributed by atoms with van der Waals surface area (Å²) in [6.45, 7) is 7.37. The molecular weight excluding hydrogens is 242 g/mol. The zero-order valence-electron chi connectivity index (χ0n) is 11.8. The van der Waals surface area contributed by atoms with Crippen LogP contribution in [0.5, 0.6) is 0 Å². The molecule has 0 bridgehead atoms. The van der Waals surface area contributed by atoms with Gasteiger partial charge < -0.3 is 16.3 Å². The molecule has 5 heteroatoms. The summed E-state index contributed by atoms with van der Waals surface area (Å²) in [5.74, 6) is -0.0531. The lowest BCUT2D eigenvalue weighted by molar-refractivity contribution is -0.121. The average molecular weight is 263 g/mol. The third-order valence-corrected chi connectivity index (χ3v) is 3.13. The van der Waals surface area contributed by atoms with Crippen molar-refractivity contribution in [3.05, 3.63) is 29.8 Å². The third-order valence-electron chi connectivity index (χ3n) is 3.13. The normalized spacial score (nSPS) is 12.6. The Morgan fingerprint density at radius 3 is 2.58 bits per heavy atom. The minimum atomic E-state index is -1.07. The van der Waals surface area contributed by atoms with Crippen LogP contribution in [-0.4, -0.2) is 17.0 Å². The Morgan fingerprint density at radius 2 is 2.05 bits per heavy atom. The Labute approximate surface area is 113 Å². The molecule has 0 spiro atoms. The lowest BCUT2D eigenvalue weighted by Crippen LogP contribution is -2.42. The fourth-order valence-corrected chi connectivity index (χ4v) is 1.50. The smallest absolute Gasteiger partial charge is 0.237 e. The quantitative estimate of drug-likeness (QED) is 0.337. The second-order valence-corrected chi connectivity index (χ2v) is 5.34. The van der Waals surface area contributed by atoms with Gasteiger partial charge in [0.25, 0.3) is 0 Å². The molecule has 104 valence electrons. The summed E-state index contributed by atoms with van der Waals surface area (Å²) in [6, 6.07) is 7.63. The molecule has 0 heterocycles. The van der Waals surface area contributed by atoms with Crippen molar-refractivity contribution in [2.75, 3.05) is 5.32 Å². The molecule has 0 aliphatic rings. The summed E-state index contributed by atoms with van der Waals surface area (Å²) in [5, 5.41) is 14.4. The molecule has 0 saturated heterocycles. The van der Waals surface area contributed by atoms with Crippen molar-refractivity contribution in [2.24, 2.45) is 16.3 Å². The number of hydrogen-bond acceptors (Lipinski definition) is 3. The maximum atomic E-state index is 12.1. The Hall–Kier alpha value is -2.04. The largest absolute Gasteiger partial charge is 0.409 e. The summed E-state index contributed by atoms with van der Waals surface area (Å²) in [7, 11) is 0. The average Bonchev–Trinajstić information content (AvgIpc) is 2.37. The molecule has 0 unspecified atom stereocenters. The van der Waals surface area contributed by atoms with Gasteiger partial charge in [-0.2, -0.15) is 0 Å². The van der Waals surface area contributed by atoms with E-state index >= 15 is 0 Å².